The van der Waals surface area contributed by atoms with Gasteiger partial charge in [0.05, 0.1) is 19.4 Å². The first-order valence-electron chi connectivity index (χ1n) is 5.50. The number of aliphatic hydroxyl groups excluding tert-OH is 1. The largest absolute Gasteiger partial charge is 0.467 e. The molecule has 90 valence electrons. The number of rotatable bonds is 4. The Kier molecular flexibility index (Phi) is 3.44. The maximum Gasteiger partial charge on any atom is 0.123 e. The quantitative estimate of drug-likeness (QED) is 0.877. The van der Waals surface area contributed by atoms with E-state index >= 15 is 0 Å². The van der Waals surface area contributed by atoms with Crippen molar-refractivity contribution in [2.45, 2.75) is 20.1 Å². The maximum atomic E-state index is 9.29. The van der Waals surface area contributed by atoms with Crippen LogP contribution in [0.4, 0.5) is 5.69 Å². The van der Waals surface area contributed by atoms with Crippen molar-refractivity contribution in [1.29, 1.82) is 0 Å². The number of pyridine rings is 1. The number of aromatic nitrogens is 1. The molecule has 0 aromatic carbocycles. The van der Waals surface area contributed by atoms with E-state index in [4.69, 9.17) is 4.42 Å². The molecule has 4 heteroatoms. The molecule has 2 aromatic heterocycles. The monoisotopic (exact) mass is 232 g/mol. The molecule has 4 nitrogen and oxygen atoms in total. The van der Waals surface area contributed by atoms with Gasteiger partial charge in [0.1, 0.15) is 5.76 Å². The van der Waals surface area contributed by atoms with E-state index in [1.807, 2.05) is 37.1 Å². The Morgan fingerprint density at radius 1 is 1.47 bits per heavy atom. The summed E-state index contributed by atoms with van der Waals surface area (Å²) in [5.74, 6) is 0.894. The molecule has 0 aliphatic heterocycles. The first-order valence-corrected chi connectivity index (χ1v) is 5.50. The minimum Gasteiger partial charge on any atom is -0.467 e. The van der Waals surface area contributed by atoms with Crippen LogP contribution in [0.5, 0.6) is 0 Å². The third kappa shape index (κ3) is 2.65. The van der Waals surface area contributed by atoms with E-state index < -0.39 is 0 Å². The second kappa shape index (κ2) is 5.01. The fourth-order valence-electron chi connectivity index (χ4n) is 1.77. The molecule has 2 heterocycles. The summed E-state index contributed by atoms with van der Waals surface area (Å²) < 4.78 is 5.31. The van der Waals surface area contributed by atoms with Gasteiger partial charge in [-0.25, -0.2) is 0 Å². The Hall–Kier alpha value is -1.81. The molecule has 0 bridgehead atoms. The molecule has 0 spiro atoms. The molecule has 0 amide bonds. The fourth-order valence-corrected chi connectivity index (χ4v) is 1.77. The summed E-state index contributed by atoms with van der Waals surface area (Å²) in [5.41, 5.74) is 2.74. The average Bonchev–Trinajstić information content (AvgIpc) is 2.81. The molecule has 2 aromatic rings. The van der Waals surface area contributed by atoms with E-state index in [9.17, 15) is 5.11 Å². The first-order chi connectivity index (χ1) is 8.20. The van der Waals surface area contributed by atoms with Crippen LogP contribution >= 0.6 is 0 Å². The lowest BCUT2D eigenvalue weighted by molar-refractivity contribution is 0.281. The second-order valence-corrected chi connectivity index (χ2v) is 4.05. The topological polar surface area (TPSA) is 49.5 Å². The highest BCUT2D eigenvalue weighted by Gasteiger charge is 2.09. The van der Waals surface area contributed by atoms with Gasteiger partial charge in [-0.3, -0.25) is 4.98 Å². The van der Waals surface area contributed by atoms with Gasteiger partial charge < -0.3 is 14.4 Å². The Morgan fingerprint density at radius 3 is 2.94 bits per heavy atom. The lowest BCUT2D eigenvalue weighted by atomic mass is 10.2. The molecular weight excluding hydrogens is 216 g/mol. The van der Waals surface area contributed by atoms with E-state index in [1.165, 1.54) is 0 Å². The molecule has 1 N–H and O–H groups in total. The molecule has 0 saturated heterocycles. The number of hydrogen-bond donors (Lipinski definition) is 1. The number of anilines is 1. The zero-order chi connectivity index (χ0) is 12.3. The third-order valence-electron chi connectivity index (χ3n) is 2.65. The molecule has 0 atom stereocenters. The predicted molar refractivity (Wildman–Crippen MR) is 65.7 cm³/mol. The van der Waals surface area contributed by atoms with Gasteiger partial charge in [0.15, 0.2) is 0 Å². The van der Waals surface area contributed by atoms with Crippen LogP contribution in [0.2, 0.25) is 0 Å². The minimum atomic E-state index is -0.00882. The van der Waals surface area contributed by atoms with Crippen molar-refractivity contribution >= 4 is 5.69 Å². The zero-order valence-electron chi connectivity index (χ0n) is 10.1. The van der Waals surface area contributed by atoms with Gasteiger partial charge in [0, 0.05) is 30.2 Å². The van der Waals surface area contributed by atoms with Gasteiger partial charge in [-0.1, -0.05) is 0 Å². The SMILES string of the molecule is Cc1cc(N(C)Cc2ccco2)c(CO)cn1. The summed E-state index contributed by atoms with van der Waals surface area (Å²) in [5, 5.41) is 9.29. The van der Waals surface area contributed by atoms with Gasteiger partial charge >= 0.3 is 0 Å². The van der Waals surface area contributed by atoms with E-state index in [1.54, 1.807) is 12.5 Å². The summed E-state index contributed by atoms with van der Waals surface area (Å²) in [7, 11) is 1.97. The fraction of sp³-hybridized carbons (Fsp3) is 0.308. The van der Waals surface area contributed by atoms with Crippen LogP contribution in [-0.4, -0.2) is 17.1 Å². The van der Waals surface area contributed by atoms with Crippen molar-refractivity contribution in [3.8, 4) is 0 Å². The lowest BCUT2D eigenvalue weighted by Crippen LogP contribution is -2.18. The predicted octanol–water partition coefficient (Wildman–Crippen LogP) is 2.11. The van der Waals surface area contributed by atoms with Crippen LogP contribution in [0.1, 0.15) is 17.0 Å². The highest BCUT2D eigenvalue weighted by molar-refractivity contribution is 5.52. The van der Waals surface area contributed by atoms with Crippen molar-refractivity contribution in [2.24, 2.45) is 0 Å². The standard InChI is InChI=1S/C13H16N2O2/c1-10-6-13(11(9-16)7-14-10)15(2)8-12-4-3-5-17-12/h3-7,16H,8-9H2,1-2H3. The highest BCUT2D eigenvalue weighted by Crippen LogP contribution is 2.21. The van der Waals surface area contributed by atoms with Gasteiger partial charge in [-0.2, -0.15) is 0 Å². The zero-order valence-corrected chi connectivity index (χ0v) is 10.1. The number of nitrogens with zero attached hydrogens (tertiary/aromatic N) is 2. The molecule has 0 unspecified atom stereocenters. The van der Waals surface area contributed by atoms with Crippen molar-refractivity contribution in [2.75, 3.05) is 11.9 Å². The number of aryl methyl sites for hydroxylation is 1. The van der Waals surface area contributed by atoms with Crippen LogP contribution < -0.4 is 4.90 Å². The average molecular weight is 232 g/mol. The van der Waals surface area contributed by atoms with Crippen LogP contribution in [-0.2, 0) is 13.2 Å². The summed E-state index contributed by atoms with van der Waals surface area (Å²) in [4.78, 5) is 6.22. The molecule has 17 heavy (non-hydrogen) atoms. The molecule has 2 rings (SSSR count). The Labute approximate surface area is 101 Å². The van der Waals surface area contributed by atoms with Gasteiger partial charge in [-0.15, -0.1) is 0 Å². The number of hydrogen-bond acceptors (Lipinski definition) is 4. The molecule has 0 radical (unpaired) electrons. The van der Waals surface area contributed by atoms with Crippen molar-refractivity contribution in [3.05, 3.63) is 47.7 Å². The van der Waals surface area contributed by atoms with E-state index in [-0.39, 0.29) is 6.61 Å². The van der Waals surface area contributed by atoms with Gasteiger partial charge in [0.25, 0.3) is 0 Å². The molecule has 0 aliphatic rings. The third-order valence-corrected chi connectivity index (χ3v) is 2.65. The number of furan rings is 1. The molecule has 0 aliphatic carbocycles. The Balaban J connectivity index is 2.23. The maximum absolute atomic E-state index is 9.29. The van der Waals surface area contributed by atoms with Gasteiger partial charge in [0.2, 0.25) is 0 Å². The van der Waals surface area contributed by atoms with E-state index in [0.717, 1.165) is 22.7 Å². The highest BCUT2D eigenvalue weighted by atomic mass is 16.3. The Bertz CT molecular complexity index is 480. The summed E-state index contributed by atoms with van der Waals surface area (Å²) >= 11 is 0. The van der Waals surface area contributed by atoms with Crippen LogP contribution in [0.25, 0.3) is 0 Å². The van der Waals surface area contributed by atoms with Crippen LogP contribution in [0.3, 0.4) is 0 Å². The molecule has 0 fully saturated rings. The normalized spacial score (nSPS) is 10.5. The van der Waals surface area contributed by atoms with Crippen molar-refractivity contribution in [1.82, 2.24) is 4.98 Å². The number of aliphatic hydroxyl groups is 1. The lowest BCUT2D eigenvalue weighted by Gasteiger charge is -2.21. The van der Waals surface area contributed by atoms with E-state index in [2.05, 4.69) is 4.98 Å². The summed E-state index contributed by atoms with van der Waals surface area (Å²) in [6.45, 7) is 2.60. The van der Waals surface area contributed by atoms with E-state index in [0.29, 0.717) is 6.54 Å². The van der Waals surface area contributed by atoms with Crippen molar-refractivity contribution in [3.63, 3.8) is 0 Å². The molecular formula is C13H16N2O2. The second-order valence-electron chi connectivity index (χ2n) is 4.05. The van der Waals surface area contributed by atoms with Crippen LogP contribution in [0, 0.1) is 6.92 Å². The van der Waals surface area contributed by atoms with Gasteiger partial charge in [-0.05, 0) is 25.1 Å². The first kappa shape index (κ1) is 11.7. The smallest absolute Gasteiger partial charge is 0.123 e. The summed E-state index contributed by atoms with van der Waals surface area (Å²) in [6, 6.07) is 5.77. The Morgan fingerprint density at radius 2 is 2.29 bits per heavy atom. The molecule has 0 saturated carbocycles. The minimum absolute atomic E-state index is 0.00882. The summed E-state index contributed by atoms with van der Waals surface area (Å²) in [6.07, 6.45) is 3.37. The van der Waals surface area contributed by atoms with Crippen LogP contribution in [0.15, 0.2) is 35.1 Å². The van der Waals surface area contributed by atoms with Crippen molar-refractivity contribution < 1.29 is 9.52 Å².